The third-order valence-electron chi connectivity index (χ3n) is 6.42. The predicted molar refractivity (Wildman–Crippen MR) is 128 cm³/mol. The van der Waals surface area contributed by atoms with Crippen molar-refractivity contribution in [1.29, 1.82) is 0 Å². The van der Waals surface area contributed by atoms with Crippen LogP contribution in [0.1, 0.15) is 34.7 Å². The molecule has 1 aliphatic rings. The summed E-state index contributed by atoms with van der Waals surface area (Å²) in [5, 5.41) is 28.7. The van der Waals surface area contributed by atoms with Gasteiger partial charge in [0.2, 0.25) is 0 Å². The first-order valence-corrected chi connectivity index (χ1v) is 11.4. The molecule has 178 valence electrons. The number of aryl methyl sites for hydroxylation is 1. The van der Waals surface area contributed by atoms with Gasteiger partial charge >= 0.3 is 5.97 Å². The number of amides is 1. The summed E-state index contributed by atoms with van der Waals surface area (Å²) in [4.78, 5) is 24.8. The fourth-order valence-electron chi connectivity index (χ4n) is 4.92. The molecule has 1 atom stereocenters. The second-order valence-corrected chi connectivity index (χ2v) is 8.52. The van der Waals surface area contributed by atoms with E-state index in [1.54, 1.807) is 16.1 Å². The molecule has 34 heavy (non-hydrogen) atoms. The van der Waals surface area contributed by atoms with Crippen molar-refractivity contribution >= 4 is 28.9 Å². The van der Waals surface area contributed by atoms with Gasteiger partial charge in [-0.3, -0.25) is 19.7 Å². The lowest BCUT2D eigenvalue weighted by atomic mass is 10.0. The summed E-state index contributed by atoms with van der Waals surface area (Å²) in [6.45, 7) is 1.28. The van der Waals surface area contributed by atoms with E-state index in [0.717, 1.165) is 47.8 Å². The van der Waals surface area contributed by atoms with Gasteiger partial charge in [0.25, 0.3) is 5.91 Å². The number of fused-ring (bicyclic) bond motifs is 2. The number of aliphatic hydroxyl groups is 1. The SMILES string of the molecule is O=C(O)Cn1cc(CCN(CCO)C2CCc3cc(C=CC(=O)NO)ccc32)c2ccccc21. The van der Waals surface area contributed by atoms with Crippen LogP contribution in [0.25, 0.3) is 17.0 Å². The molecule has 1 heterocycles. The summed E-state index contributed by atoms with van der Waals surface area (Å²) in [6, 6.07) is 14.1. The van der Waals surface area contributed by atoms with Crippen molar-refractivity contribution in [1.82, 2.24) is 14.9 Å². The van der Waals surface area contributed by atoms with Gasteiger partial charge in [-0.2, -0.15) is 0 Å². The number of hydroxylamine groups is 1. The Hall–Kier alpha value is -3.46. The minimum absolute atomic E-state index is 0.0592. The second kappa shape index (κ2) is 10.6. The van der Waals surface area contributed by atoms with Gasteiger partial charge < -0.3 is 14.8 Å². The van der Waals surface area contributed by atoms with Crippen molar-refractivity contribution in [3.63, 3.8) is 0 Å². The summed E-state index contributed by atoms with van der Waals surface area (Å²) in [5.74, 6) is -1.44. The van der Waals surface area contributed by atoms with E-state index in [4.69, 9.17) is 5.21 Å². The highest BCUT2D eigenvalue weighted by Gasteiger charge is 2.28. The van der Waals surface area contributed by atoms with Gasteiger partial charge in [-0.1, -0.05) is 36.4 Å². The molecule has 1 unspecified atom stereocenters. The minimum atomic E-state index is -0.872. The third-order valence-corrected chi connectivity index (χ3v) is 6.42. The van der Waals surface area contributed by atoms with Gasteiger partial charge in [-0.25, -0.2) is 5.48 Å². The molecule has 0 saturated heterocycles. The van der Waals surface area contributed by atoms with E-state index >= 15 is 0 Å². The number of carbonyl (C=O) groups excluding carboxylic acids is 1. The van der Waals surface area contributed by atoms with Gasteiger partial charge in [-0.15, -0.1) is 0 Å². The highest BCUT2D eigenvalue weighted by Crippen LogP contribution is 2.36. The number of benzene rings is 2. The molecule has 0 aliphatic heterocycles. The maximum absolute atomic E-state index is 11.3. The van der Waals surface area contributed by atoms with Gasteiger partial charge in [0, 0.05) is 42.3 Å². The maximum atomic E-state index is 11.3. The van der Waals surface area contributed by atoms with Gasteiger partial charge in [0.1, 0.15) is 6.54 Å². The molecule has 0 fully saturated rings. The zero-order chi connectivity index (χ0) is 24.1. The van der Waals surface area contributed by atoms with E-state index in [2.05, 4.69) is 17.0 Å². The number of carboxylic acid groups (broad SMARTS) is 1. The molecule has 4 N–H and O–H groups in total. The van der Waals surface area contributed by atoms with Crippen LogP contribution in [-0.4, -0.2) is 56.5 Å². The van der Waals surface area contributed by atoms with Gasteiger partial charge in [0.15, 0.2) is 0 Å². The van der Waals surface area contributed by atoms with Crippen molar-refractivity contribution in [2.75, 3.05) is 19.7 Å². The minimum Gasteiger partial charge on any atom is -0.480 e. The molecule has 0 spiro atoms. The lowest BCUT2D eigenvalue weighted by molar-refractivity contribution is -0.137. The van der Waals surface area contributed by atoms with Gasteiger partial charge in [0.05, 0.1) is 6.61 Å². The zero-order valence-corrected chi connectivity index (χ0v) is 18.9. The monoisotopic (exact) mass is 463 g/mol. The number of carboxylic acids is 1. The third kappa shape index (κ3) is 5.20. The first-order valence-electron chi connectivity index (χ1n) is 11.4. The van der Waals surface area contributed by atoms with Crippen LogP contribution in [-0.2, 0) is 29.0 Å². The largest absolute Gasteiger partial charge is 0.480 e. The highest BCUT2D eigenvalue weighted by molar-refractivity contribution is 5.90. The second-order valence-electron chi connectivity index (χ2n) is 8.52. The average molecular weight is 464 g/mol. The van der Waals surface area contributed by atoms with E-state index in [1.165, 1.54) is 17.2 Å². The number of aliphatic hydroxyl groups excluding tert-OH is 1. The average Bonchev–Trinajstić information content (AvgIpc) is 3.41. The van der Waals surface area contributed by atoms with Crippen molar-refractivity contribution in [3.05, 3.63) is 77.0 Å². The number of aliphatic carboxylic acids is 1. The van der Waals surface area contributed by atoms with Crippen LogP contribution < -0.4 is 5.48 Å². The van der Waals surface area contributed by atoms with Crippen LogP contribution >= 0.6 is 0 Å². The van der Waals surface area contributed by atoms with E-state index in [9.17, 15) is 19.8 Å². The van der Waals surface area contributed by atoms with Crippen molar-refractivity contribution in [3.8, 4) is 0 Å². The summed E-state index contributed by atoms with van der Waals surface area (Å²) >= 11 is 0. The number of carbonyl (C=O) groups is 2. The summed E-state index contributed by atoms with van der Waals surface area (Å²) < 4.78 is 1.78. The summed E-state index contributed by atoms with van der Waals surface area (Å²) in [6.07, 6.45) is 7.48. The molecule has 4 rings (SSSR count). The fraction of sp³-hybridized carbons (Fsp3) is 0.308. The highest BCUT2D eigenvalue weighted by atomic mass is 16.5. The molecule has 0 bridgehead atoms. The Balaban J connectivity index is 1.52. The number of nitrogens with zero attached hydrogens (tertiary/aromatic N) is 2. The Kier molecular flexibility index (Phi) is 7.42. The molecule has 0 radical (unpaired) electrons. The molecule has 1 aliphatic carbocycles. The molecule has 1 amide bonds. The van der Waals surface area contributed by atoms with E-state index in [0.29, 0.717) is 6.54 Å². The topological polar surface area (TPSA) is 115 Å². The number of hydrogen-bond acceptors (Lipinski definition) is 5. The molecule has 8 heteroatoms. The molecule has 3 aromatic rings. The van der Waals surface area contributed by atoms with Crippen molar-refractivity contribution in [2.45, 2.75) is 31.8 Å². The van der Waals surface area contributed by atoms with Crippen LogP contribution in [0.3, 0.4) is 0 Å². The van der Waals surface area contributed by atoms with Crippen LogP contribution in [0.2, 0.25) is 0 Å². The van der Waals surface area contributed by atoms with Crippen molar-refractivity contribution < 1.29 is 25.0 Å². The van der Waals surface area contributed by atoms with E-state index < -0.39 is 11.9 Å². The standard InChI is InChI=1S/C26H29N3O5/c30-14-13-28(12-11-20-16-29(17-26(32)33)23-4-2-1-3-21(20)23)24-9-7-19-15-18(5-8-22(19)24)6-10-25(31)27-34/h1-6,8,10,15-16,24,30,34H,7,9,11-14,17H2,(H,27,31)(H,32,33). The van der Waals surface area contributed by atoms with Crippen LogP contribution in [0.4, 0.5) is 0 Å². The Labute approximate surface area is 197 Å². The molecule has 0 saturated carbocycles. The number of rotatable bonds is 10. The Morgan fingerprint density at radius 1 is 1.18 bits per heavy atom. The number of aromatic nitrogens is 1. The number of hydrogen-bond donors (Lipinski definition) is 4. The van der Waals surface area contributed by atoms with E-state index in [1.807, 2.05) is 36.5 Å². The molecule has 1 aromatic heterocycles. The Bertz CT molecular complexity index is 1220. The first-order chi connectivity index (χ1) is 16.5. The Morgan fingerprint density at radius 3 is 2.76 bits per heavy atom. The molecular formula is C26H29N3O5. The van der Waals surface area contributed by atoms with Crippen molar-refractivity contribution in [2.24, 2.45) is 0 Å². The van der Waals surface area contributed by atoms with Crippen LogP contribution in [0.5, 0.6) is 0 Å². The van der Waals surface area contributed by atoms with Crippen LogP contribution in [0.15, 0.2) is 54.7 Å². The lowest BCUT2D eigenvalue weighted by Crippen LogP contribution is -2.32. The summed E-state index contributed by atoms with van der Waals surface area (Å²) in [5.41, 5.74) is 6.94. The summed E-state index contributed by atoms with van der Waals surface area (Å²) in [7, 11) is 0. The predicted octanol–water partition coefficient (Wildman–Crippen LogP) is 2.77. The lowest BCUT2D eigenvalue weighted by Gasteiger charge is -2.29. The Morgan fingerprint density at radius 2 is 2.00 bits per heavy atom. The smallest absolute Gasteiger partial charge is 0.323 e. The molecule has 2 aromatic carbocycles. The first kappa shape index (κ1) is 23.7. The van der Waals surface area contributed by atoms with Gasteiger partial charge in [-0.05, 0) is 53.7 Å². The fourth-order valence-corrected chi connectivity index (χ4v) is 4.92. The zero-order valence-electron chi connectivity index (χ0n) is 18.9. The maximum Gasteiger partial charge on any atom is 0.323 e. The van der Waals surface area contributed by atoms with E-state index in [-0.39, 0.29) is 19.2 Å². The molecule has 8 nitrogen and oxygen atoms in total. The number of nitrogens with one attached hydrogen (secondary N) is 1. The van der Waals surface area contributed by atoms with Crippen LogP contribution in [0, 0.1) is 0 Å². The normalized spacial score (nSPS) is 15.3. The quantitative estimate of drug-likeness (QED) is 0.209. The molecular weight excluding hydrogens is 434 g/mol. The number of para-hydroxylation sites is 1.